The minimum absolute atomic E-state index is 0.0828. The van der Waals surface area contributed by atoms with Crippen molar-refractivity contribution in [3.05, 3.63) is 0 Å². The molecular weight excluding hydrogens is 320 g/mol. The van der Waals surface area contributed by atoms with Crippen LogP contribution in [-0.2, 0) is 9.53 Å². The number of hydrogen-bond acceptors (Lipinski definition) is 2. The van der Waals surface area contributed by atoms with Crippen molar-refractivity contribution >= 4 is 5.97 Å². The SMILES string of the molecule is CCC1CCC(C(C)C2CCC(C(C)C3CCC(C)OC3=O)CC2)CC1. The maximum absolute atomic E-state index is 12.3. The van der Waals surface area contributed by atoms with Crippen LogP contribution in [0.5, 0.6) is 0 Å². The fourth-order valence-corrected chi connectivity index (χ4v) is 6.39. The van der Waals surface area contributed by atoms with Crippen molar-refractivity contribution in [2.24, 2.45) is 41.4 Å². The zero-order valence-corrected chi connectivity index (χ0v) is 17.7. The van der Waals surface area contributed by atoms with Crippen molar-refractivity contribution in [3.8, 4) is 0 Å². The van der Waals surface area contributed by atoms with E-state index in [1.54, 1.807) is 0 Å². The summed E-state index contributed by atoms with van der Waals surface area (Å²) in [5.41, 5.74) is 0. The second-order valence-corrected chi connectivity index (χ2v) is 10.0. The first-order valence-corrected chi connectivity index (χ1v) is 11.7. The van der Waals surface area contributed by atoms with Gasteiger partial charge in [0.15, 0.2) is 0 Å². The van der Waals surface area contributed by atoms with Crippen LogP contribution >= 0.6 is 0 Å². The van der Waals surface area contributed by atoms with Gasteiger partial charge < -0.3 is 4.74 Å². The molecular formula is C24H42O2. The lowest BCUT2D eigenvalue weighted by atomic mass is 9.65. The van der Waals surface area contributed by atoms with Gasteiger partial charge in [0.1, 0.15) is 0 Å². The van der Waals surface area contributed by atoms with Gasteiger partial charge >= 0.3 is 5.97 Å². The van der Waals surface area contributed by atoms with E-state index in [-0.39, 0.29) is 18.0 Å². The van der Waals surface area contributed by atoms with Crippen LogP contribution in [0.3, 0.4) is 0 Å². The average Bonchev–Trinajstić information content (AvgIpc) is 2.67. The Hall–Kier alpha value is -0.530. The summed E-state index contributed by atoms with van der Waals surface area (Å²) in [7, 11) is 0. The molecule has 3 rings (SSSR count). The van der Waals surface area contributed by atoms with Crippen LogP contribution in [0, 0.1) is 41.4 Å². The molecule has 2 heteroatoms. The molecule has 3 aliphatic rings. The van der Waals surface area contributed by atoms with E-state index in [0.29, 0.717) is 5.92 Å². The van der Waals surface area contributed by atoms with Crippen molar-refractivity contribution in [2.45, 2.75) is 104 Å². The largest absolute Gasteiger partial charge is 0.462 e. The van der Waals surface area contributed by atoms with Crippen LogP contribution in [0.4, 0.5) is 0 Å². The molecule has 1 heterocycles. The first-order valence-electron chi connectivity index (χ1n) is 11.7. The maximum atomic E-state index is 12.3. The Kier molecular flexibility index (Phi) is 7.08. The third kappa shape index (κ3) is 4.65. The van der Waals surface area contributed by atoms with Crippen molar-refractivity contribution in [1.82, 2.24) is 0 Å². The number of cyclic esters (lactones) is 1. The molecule has 150 valence electrons. The lowest BCUT2D eigenvalue weighted by Gasteiger charge is -2.41. The third-order valence-electron chi connectivity index (χ3n) is 8.65. The molecule has 2 aliphatic carbocycles. The van der Waals surface area contributed by atoms with E-state index < -0.39 is 0 Å². The molecule has 0 radical (unpaired) electrons. The molecule has 1 aliphatic heterocycles. The normalized spacial score (nSPS) is 41.3. The molecule has 0 aromatic carbocycles. The van der Waals surface area contributed by atoms with Gasteiger partial charge in [-0.2, -0.15) is 0 Å². The molecule has 1 saturated heterocycles. The zero-order valence-electron chi connectivity index (χ0n) is 17.7. The molecule has 0 amide bonds. The minimum Gasteiger partial charge on any atom is -0.462 e. The quantitative estimate of drug-likeness (QED) is 0.513. The summed E-state index contributed by atoms with van der Waals surface area (Å²) < 4.78 is 5.53. The van der Waals surface area contributed by atoms with Gasteiger partial charge in [-0.3, -0.25) is 4.79 Å². The van der Waals surface area contributed by atoms with Gasteiger partial charge in [0.05, 0.1) is 12.0 Å². The molecule has 4 atom stereocenters. The topological polar surface area (TPSA) is 26.3 Å². The Labute approximate surface area is 161 Å². The Balaban J connectivity index is 1.45. The van der Waals surface area contributed by atoms with Crippen LogP contribution in [-0.4, -0.2) is 12.1 Å². The van der Waals surface area contributed by atoms with Gasteiger partial charge in [-0.05, 0) is 93.8 Å². The summed E-state index contributed by atoms with van der Waals surface area (Å²) in [6, 6.07) is 0. The van der Waals surface area contributed by atoms with Gasteiger partial charge in [0.2, 0.25) is 0 Å². The second-order valence-electron chi connectivity index (χ2n) is 10.0. The van der Waals surface area contributed by atoms with Gasteiger partial charge in [0.25, 0.3) is 0 Å². The summed E-state index contributed by atoms with van der Waals surface area (Å²) in [4.78, 5) is 12.3. The third-order valence-corrected chi connectivity index (χ3v) is 8.65. The second kappa shape index (κ2) is 9.11. The first kappa shape index (κ1) is 20.2. The van der Waals surface area contributed by atoms with Crippen LogP contribution in [0.15, 0.2) is 0 Å². The molecule has 0 N–H and O–H groups in total. The molecule has 3 fully saturated rings. The highest BCUT2D eigenvalue weighted by atomic mass is 16.5. The van der Waals surface area contributed by atoms with E-state index in [9.17, 15) is 4.79 Å². The lowest BCUT2D eigenvalue weighted by Crippen LogP contribution is -2.37. The van der Waals surface area contributed by atoms with Gasteiger partial charge in [0, 0.05) is 0 Å². The van der Waals surface area contributed by atoms with Crippen molar-refractivity contribution < 1.29 is 9.53 Å². The van der Waals surface area contributed by atoms with Crippen molar-refractivity contribution in [2.75, 3.05) is 0 Å². The molecule has 0 spiro atoms. The maximum Gasteiger partial charge on any atom is 0.309 e. The smallest absolute Gasteiger partial charge is 0.309 e. The number of carbonyl (C=O) groups is 1. The van der Waals surface area contributed by atoms with E-state index in [4.69, 9.17) is 4.74 Å². The monoisotopic (exact) mass is 362 g/mol. The minimum atomic E-state index is 0.0828. The number of ether oxygens (including phenoxy) is 1. The molecule has 2 nitrogen and oxygen atoms in total. The van der Waals surface area contributed by atoms with Crippen LogP contribution < -0.4 is 0 Å². The predicted octanol–water partition coefficient (Wildman–Crippen LogP) is 6.62. The molecule has 4 unspecified atom stereocenters. The Morgan fingerprint density at radius 3 is 1.81 bits per heavy atom. The van der Waals surface area contributed by atoms with E-state index >= 15 is 0 Å². The summed E-state index contributed by atoms with van der Waals surface area (Å²) in [6.45, 7) is 9.26. The van der Waals surface area contributed by atoms with E-state index in [1.807, 2.05) is 6.92 Å². The molecule has 0 aromatic rings. The average molecular weight is 363 g/mol. The van der Waals surface area contributed by atoms with Crippen molar-refractivity contribution in [3.63, 3.8) is 0 Å². The Bertz CT molecular complexity index is 443. The van der Waals surface area contributed by atoms with E-state index in [1.165, 1.54) is 57.8 Å². The van der Waals surface area contributed by atoms with Crippen molar-refractivity contribution in [1.29, 1.82) is 0 Å². The summed E-state index contributed by atoms with van der Waals surface area (Å²) in [6.07, 6.45) is 14.9. The van der Waals surface area contributed by atoms with Crippen LogP contribution in [0.1, 0.15) is 98.3 Å². The number of carbonyl (C=O) groups excluding carboxylic acids is 1. The lowest BCUT2D eigenvalue weighted by molar-refractivity contribution is -0.162. The number of esters is 1. The summed E-state index contributed by atoms with van der Waals surface area (Å²) in [5.74, 6) is 5.31. The number of hydrogen-bond donors (Lipinski definition) is 0. The molecule has 26 heavy (non-hydrogen) atoms. The fourth-order valence-electron chi connectivity index (χ4n) is 6.39. The standard InChI is InChI=1S/C24H42O2/c1-5-19-7-9-20(10-8-19)17(3)21-11-13-22(14-12-21)18(4)23-15-6-16(2)26-24(23)25/h16-23H,5-15H2,1-4H3. The highest BCUT2D eigenvalue weighted by molar-refractivity contribution is 5.73. The van der Waals surface area contributed by atoms with Crippen LogP contribution in [0.2, 0.25) is 0 Å². The summed E-state index contributed by atoms with van der Waals surface area (Å²) in [5, 5.41) is 0. The zero-order chi connectivity index (χ0) is 18.7. The molecule has 2 saturated carbocycles. The van der Waals surface area contributed by atoms with E-state index in [2.05, 4.69) is 20.8 Å². The fraction of sp³-hybridized carbons (Fsp3) is 0.958. The first-order chi connectivity index (χ1) is 12.5. The highest BCUT2D eigenvalue weighted by Gasteiger charge is 2.38. The van der Waals surface area contributed by atoms with Gasteiger partial charge in [-0.1, -0.05) is 40.0 Å². The predicted molar refractivity (Wildman–Crippen MR) is 108 cm³/mol. The highest BCUT2D eigenvalue weighted by Crippen LogP contribution is 2.45. The van der Waals surface area contributed by atoms with Gasteiger partial charge in [-0.15, -0.1) is 0 Å². The van der Waals surface area contributed by atoms with E-state index in [0.717, 1.165) is 42.4 Å². The van der Waals surface area contributed by atoms with Crippen LogP contribution in [0.25, 0.3) is 0 Å². The Morgan fingerprint density at radius 1 is 0.808 bits per heavy atom. The van der Waals surface area contributed by atoms with Gasteiger partial charge in [-0.25, -0.2) is 0 Å². The molecule has 0 bridgehead atoms. The molecule has 0 aromatic heterocycles. The summed E-state index contributed by atoms with van der Waals surface area (Å²) >= 11 is 0. The Morgan fingerprint density at radius 2 is 1.31 bits per heavy atom. The number of rotatable bonds is 5.